The topological polar surface area (TPSA) is 9.03 Å². The van der Waals surface area contributed by atoms with Crippen LogP contribution in [0, 0.1) is 25.6 Å². The minimum atomic E-state index is -2.19. The molecule has 0 saturated heterocycles. The molecular formula is C32H45N2Si+. The maximum absolute atomic E-state index is 8.58. The quantitative estimate of drug-likeness (QED) is 0.157. The number of nitrogens with zero attached hydrogens (tertiary/aromatic N) is 2. The Morgan fingerprint density at radius 1 is 0.886 bits per heavy atom. The summed E-state index contributed by atoms with van der Waals surface area (Å²) in [6.45, 7) is 23.9. The molecule has 0 aliphatic carbocycles. The lowest BCUT2D eigenvalue weighted by atomic mass is 9.76. The third kappa shape index (κ3) is 2.74. The highest BCUT2D eigenvalue weighted by Crippen LogP contribution is 2.53. The van der Waals surface area contributed by atoms with Crippen LogP contribution in [-0.4, -0.2) is 12.8 Å². The number of benzene rings is 2. The Labute approximate surface area is 217 Å². The molecule has 0 unspecified atom stereocenters. The van der Waals surface area contributed by atoms with E-state index in [1.54, 1.807) is 0 Å². The fourth-order valence-electron chi connectivity index (χ4n) is 8.55. The highest BCUT2D eigenvalue weighted by Gasteiger charge is 2.60. The zero-order chi connectivity index (χ0) is 28.3. The van der Waals surface area contributed by atoms with Crippen molar-refractivity contribution in [3.63, 3.8) is 0 Å². The first-order valence-electron chi connectivity index (χ1n) is 15.0. The SMILES string of the molecule is [2H]C([2H])([2H])c1ccc2c3c1c1cccc(C(C)C)c1[n+]1c3c(c(C)n1C(C)C)C(C(C)C)(C(C)C)[Si]2(C)C. The molecule has 0 spiro atoms. The number of aromatic nitrogens is 2. The molecule has 0 bridgehead atoms. The first-order valence-corrected chi connectivity index (χ1v) is 16.5. The van der Waals surface area contributed by atoms with Crippen molar-refractivity contribution in [1.29, 1.82) is 0 Å². The van der Waals surface area contributed by atoms with Gasteiger partial charge in [0.15, 0.2) is 0 Å². The second-order valence-corrected chi connectivity index (χ2v) is 17.3. The lowest BCUT2D eigenvalue weighted by Gasteiger charge is -2.53. The van der Waals surface area contributed by atoms with Gasteiger partial charge >= 0.3 is 0 Å². The van der Waals surface area contributed by atoms with Crippen molar-refractivity contribution in [3.8, 4) is 0 Å². The van der Waals surface area contributed by atoms with Gasteiger partial charge in [0.05, 0.1) is 36.1 Å². The molecule has 0 saturated carbocycles. The highest BCUT2D eigenvalue weighted by atomic mass is 28.3. The van der Waals surface area contributed by atoms with Crippen LogP contribution in [0.1, 0.15) is 93.8 Å². The first kappa shape index (κ1) is 21.0. The summed E-state index contributed by atoms with van der Waals surface area (Å²) < 4.78 is 30.8. The number of para-hydroxylation sites is 1. The second-order valence-electron chi connectivity index (χ2n) is 12.7. The largest absolute Gasteiger partial charge is 0.249 e. The van der Waals surface area contributed by atoms with Crippen LogP contribution in [0.2, 0.25) is 13.1 Å². The van der Waals surface area contributed by atoms with Gasteiger partial charge in [-0.2, -0.15) is 0 Å². The van der Waals surface area contributed by atoms with Gasteiger partial charge in [-0.3, -0.25) is 0 Å². The van der Waals surface area contributed by atoms with E-state index in [0.29, 0.717) is 23.3 Å². The maximum Gasteiger partial charge on any atom is 0.249 e. The summed E-state index contributed by atoms with van der Waals surface area (Å²) in [5.74, 6) is 1.19. The van der Waals surface area contributed by atoms with Crippen molar-refractivity contribution < 1.29 is 8.63 Å². The van der Waals surface area contributed by atoms with E-state index in [1.807, 2.05) is 6.07 Å². The summed E-state index contributed by atoms with van der Waals surface area (Å²) in [4.78, 5) is 0. The predicted octanol–water partition coefficient (Wildman–Crippen LogP) is 7.87. The van der Waals surface area contributed by atoms with E-state index in [1.165, 1.54) is 38.4 Å². The Morgan fingerprint density at radius 3 is 2.09 bits per heavy atom. The summed E-state index contributed by atoms with van der Waals surface area (Å²) >= 11 is 0. The molecule has 1 aliphatic heterocycles. The van der Waals surface area contributed by atoms with E-state index in [9.17, 15) is 0 Å². The van der Waals surface area contributed by atoms with Crippen LogP contribution >= 0.6 is 0 Å². The van der Waals surface area contributed by atoms with Gasteiger partial charge in [0.2, 0.25) is 11.0 Å². The number of rotatable bonds is 4. The van der Waals surface area contributed by atoms with Crippen LogP contribution in [0.15, 0.2) is 30.3 Å². The van der Waals surface area contributed by atoms with Gasteiger partial charge in [0, 0.05) is 20.1 Å². The van der Waals surface area contributed by atoms with E-state index in [-0.39, 0.29) is 11.1 Å². The zero-order valence-electron chi connectivity index (χ0n) is 26.6. The van der Waals surface area contributed by atoms with Gasteiger partial charge < -0.3 is 0 Å². The summed E-state index contributed by atoms with van der Waals surface area (Å²) in [7, 11) is -2.19. The number of hydrogen-bond acceptors (Lipinski definition) is 0. The smallest absolute Gasteiger partial charge is 0.149 e. The van der Waals surface area contributed by atoms with Crippen molar-refractivity contribution in [1.82, 2.24) is 4.68 Å². The van der Waals surface area contributed by atoms with Crippen molar-refractivity contribution in [3.05, 3.63) is 52.7 Å². The normalized spacial score (nSPS) is 18.5. The molecule has 0 fully saturated rings. The fraction of sp³-hybridized carbons (Fsp3) is 0.531. The van der Waals surface area contributed by atoms with E-state index in [4.69, 9.17) is 4.11 Å². The monoisotopic (exact) mass is 488 g/mol. The Balaban J connectivity index is 2.30. The average molecular weight is 489 g/mol. The molecule has 2 nitrogen and oxygen atoms in total. The molecule has 35 heavy (non-hydrogen) atoms. The summed E-state index contributed by atoms with van der Waals surface area (Å²) in [6.07, 6.45) is 0. The van der Waals surface area contributed by atoms with Crippen LogP contribution in [0.4, 0.5) is 0 Å². The minimum Gasteiger partial charge on any atom is -0.149 e. The summed E-state index contributed by atoms with van der Waals surface area (Å²) in [5.41, 5.74) is 6.97. The van der Waals surface area contributed by atoms with Gasteiger partial charge in [-0.1, -0.05) is 83.4 Å². The first-order chi connectivity index (χ1) is 17.5. The maximum atomic E-state index is 8.58. The lowest BCUT2D eigenvalue weighted by molar-refractivity contribution is -0.586. The van der Waals surface area contributed by atoms with Gasteiger partial charge in [0.1, 0.15) is 0 Å². The van der Waals surface area contributed by atoms with Gasteiger partial charge in [-0.15, -0.1) is 4.68 Å². The molecule has 2 aromatic heterocycles. The van der Waals surface area contributed by atoms with Crippen molar-refractivity contribution in [2.24, 2.45) is 11.8 Å². The molecule has 0 atom stereocenters. The Hall–Kier alpha value is -2.13. The number of hydrogen-bond donors (Lipinski definition) is 0. The van der Waals surface area contributed by atoms with E-state index in [2.05, 4.69) is 109 Å². The highest BCUT2D eigenvalue weighted by molar-refractivity contribution is 6.94. The Kier molecular flexibility index (Phi) is 4.61. The molecule has 0 N–H and O–H groups in total. The van der Waals surface area contributed by atoms with Crippen molar-refractivity contribution in [2.45, 2.75) is 99.3 Å². The zero-order valence-corrected chi connectivity index (χ0v) is 24.6. The number of aryl methyl sites for hydroxylation is 1. The third-order valence-electron chi connectivity index (χ3n) is 9.41. The van der Waals surface area contributed by atoms with Crippen LogP contribution in [0.25, 0.3) is 27.2 Å². The van der Waals surface area contributed by atoms with Crippen LogP contribution in [0.5, 0.6) is 0 Å². The van der Waals surface area contributed by atoms with Crippen LogP contribution in [0.3, 0.4) is 0 Å². The standard InChI is InChI=1S/C32H45N2Si/c1-18(2)24-14-13-15-25-27-22(9)16-17-26-28(27)31-29(23(10)33(21(7)8)34(31)30(24)25)32(19(3)4,20(5)6)35(26,11)12/h13-21H,1-12H3/q+1/i9D3. The molecule has 3 heteroatoms. The molecule has 3 heterocycles. The van der Waals surface area contributed by atoms with Crippen LogP contribution in [-0.2, 0) is 5.04 Å². The third-order valence-corrected chi connectivity index (χ3v) is 14.7. The minimum absolute atomic E-state index is 0.00432. The molecule has 0 radical (unpaired) electrons. The molecule has 186 valence electrons. The summed E-state index contributed by atoms with van der Waals surface area (Å²) in [5, 5.41) is 4.62. The molecule has 5 rings (SSSR count). The molecule has 4 aromatic rings. The van der Waals surface area contributed by atoms with Gasteiger partial charge in [-0.05, 0) is 62.2 Å². The van der Waals surface area contributed by atoms with Crippen molar-refractivity contribution in [2.75, 3.05) is 0 Å². The lowest BCUT2D eigenvalue weighted by Crippen LogP contribution is -2.67. The second kappa shape index (κ2) is 7.68. The van der Waals surface area contributed by atoms with Crippen molar-refractivity contribution >= 4 is 40.5 Å². The van der Waals surface area contributed by atoms with Crippen LogP contribution < -0.4 is 9.70 Å². The van der Waals surface area contributed by atoms with E-state index >= 15 is 0 Å². The Morgan fingerprint density at radius 2 is 1.54 bits per heavy atom. The van der Waals surface area contributed by atoms with E-state index in [0.717, 1.165) is 10.8 Å². The summed E-state index contributed by atoms with van der Waals surface area (Å²) in [6, 6.07) is 10.9. The van der Waals surface area contributed by atoms with Gasteiger partial charge in [0.25, 0.3) is 0 Å². The number of pyridine rings is 1. The molecule has 1 aliphatic rings. The Bertz CT molecular complexity index is 1600. The molecule has 2 aromatic carbocycles. The average Bonchev–Trinajstić information content (AvgIpc) is 3.10. The molecular weight excluding hydrogens is 440 g/mol. The van der Waals surface area contributed by atoms with E-state index < -0.39 is 14.9 Å². The fourth-order valence-corrected chi connectivity index (χ4v) is 14.2. The predicted molar refractivity (Wildman–Crippen MR) is 155 cm³/mol. The number of fused-ring (bicyclic) bond motifs is 3. The molecule has 0 amide bonds. The van der Waals surface area contributed by atoms with Gasteiger partial charge in [-0.25, -0.2) is 0 Å².